The first-order chi connectivity index (χ1) is 10.1. The van der Waals surface area contributed by atoms with Crippen molar-refractivity contribution in [2.45, 2.75) is 26.4 Å². The van der Waals surface area contributed by atoms with E-state index in [1.165, 1.54) is 0 Å². The number of carbonyl (C=O) groups is 1. The van der Waals surface area contributed by atoms with Crippen molar-refractivity contribution in [1.82, 2.24) is 10.2 Å². The summed E-state index contributed by atoms with van der Waals surface area (Å²) in [6.07, 6.45) is 0. The maximum Gasteiger partial charge on any atom is 0.237 e. The summed E-state index contributed by atoms with van der Waals surface area (Å²) in [5, 5.41) is 3.47. The summed E-state index contributed by atoms with van der Waals surface area (Å²) >= 11 is 6.32. The molecule has 6 heteroatoms. The van der Waals surface area contributed by atoms with Gasteiger partial charge in [-0.25, -0.2) is 0 Å². The summed E-state index contributed by atoms with van der Waals surface area (Å²) in [6, 6.07) is 3.49. The summed E-state index contributed by atoms with van der Waals surface area (Å²) in [6.45, 7) is 6.45. The van der Waals surface area contributed by atoms with Crippen LogP contribution in [0.2, 0.25) is 5.02 Å². The van der Waals surface area contributed by atoms with Gasteiger partial charge in [-0.05, 0) is 25.5 Å². The van der Waals surface area contributed by atoms with E-state index in [0.29, 0.717) is 36.2 Å². The Labute approximate surface area is 130 Å². The van der Waals surface area contributed by atoms with E-state index in [4.69, 9.17) is 21.1 Å². The Morgan fingerprint density at radius 1 is 1.43 bits per heavy atom. The fourth-order valence-electron chi connectivity index (χ4n) is 2.39. The molecule has 2 rings (SSSR count). The van der Waals surface area contributed by atoms with Gasteiger partial charge in [0, 0.05) is 30.7 Å². The van der Waals surface area contributed by atoms with Crippen molar-refractivity contribution in [2.24, 2.45) is 0 Å². The van der Waals surface area contributed by atoms with Crippen molar-refractivity contribution >= 4 is 17.5 Å². The third-order valence-corrected chi connectivity index (χ3v) is 3.98. The average Bonchev–Trinajstić information content (AvgIpc) is 2.47. The van der Waals surface area contributed by atoms with Gasteiger partial charge in [-0.2, -0.15) is 0 Å². The van der Waals surface area contributed by atoms with Gasteiger partial charge in [-0.15, -0.1) is 0 Å². The van der Waals surface area contributed by atoms with Gasteiger partial charge in [-0.3, -0.25) is 9.69 Å². The van der Waals surface area contributed by atoms with Crippen molar-refractivity contribution in [3.05, 3.63) is 22.7 Å². The van der Waals surface area contributed by atoms with Gasteiger partial charge in [-0.1, -0.05) is 11.6 Å². The first kappa shape index (κ1) is 15.9. The highest BCUT2D eigenvalue weighted by atomic mass is 35.5. The number of rotatable bonds is 5. The highest BCUT2D eigenvalue weighted by molar-refractivity contribution is 6.31. The Morgan fingerprint density at radius 3 is 2.86 bits per heavy atom. The molecule has 1 amide bonds. The van der Waals surface area contributed by atoms with Crippen molar-refractivity contribution in [1.29, 1.82) is 0 Å². The monoisotopic (exact) mass is 312 g/mol. The molecule has 1 aliphatic rings. The minimum absolute atomic E-state index is 0.0518. The number of carbonyl (C=O) groups excluding carboxylic acids is 1. The number of methoxy groups -OCH3 is 1. The molecule has 1 fully saturated rings. The van der Waals surface area contributed by atoms with Crippen molar-refractivity contribution in [2.75, 3.05) is 26.8 Å². The molecule has 0 aromatic heterocycles. The quantitative estimate of drug-likeness (QED) is 0.904. The largest absolute Gasteiger partial charge is 0.493 e. The standard InChI is InChI=1S/C15H21ClN2O3/c1-4-21-14-7-11(12(16)8-13(14)20-3)9-18-6-5-17-15(19)10(18)2/h7-8,10H,4-6,9H2,1-3H3,(H,17,19). The van der Waals surface area contributed by atoms with Crippen LogP contribution in [0.5, 0.6) is 11.5 Å². The number of ether oxygens (including phenoxy) is 2. The van der Waals surface area contributed by atoms with Crippen LogP contribution in [0.25, 0.3) is 0 Å². The van der Waals surface area contributed by atoms with Gasteiger partial charge < -0.3 is 14.8 Å². The average molecular weight is 313 g/mol. The van der Waals surface area contributed by atoms with Gasteiger partial charge in [0.15, 0.2) is 11.5 Å². The number of piperazine rings is 1. The molecular formula is C15H21ClN2O3. The maximum atomic E-state index is 11.7. The van der Waals surface area contributed by atoms with Crippen molar-refractivity contribution in [3.63, 3.8) is 0 Å². The fourth-order valence-corrected chi connectivity index (χ4v) is 2.60. The fraction of sp³-hybridized carbons (Fsp3) is 0.533. The van der Waals surface area contributed by atoms with Crippen LogP contribution in [0.15, 0.2) is 12.1 Å². The smallest absolute Gasteiger partial charge is 0.237 e. The molecule has 21 heavy (non-hydrogen) atoms. The van der Waals surface area contributed by atoms with E-state index >= 15 is 0 Å². The van der Waals surface area contributed by atoms with E-state index in [0.717, 1.165) is 12.1 Å². The zero-order chi connectivity index (χ0) is 15.4. The van der Waals surface area contributed by atoms with E-state index in [2.05, 4.69) is 10.2 Å². The topological polar surface area (TPSA) is 50.8 Å². The van der Waals surface area contributed by atoms with Gasteiger partial charge in [0.05, 0.1) is 19.8 Å². The molecule has 0 saturated carbocycles. The number of benzene rings is 1. The Hall–Kier alpha value is -1.46. The first-order valence-corrected chi connectivity index (χ1v) is 7.45. The molecule has 1 unspecified atom stereocenters. The van der Waals surface area contributed by atoms with E-state index in [-0.39, 0.29) is 11.9 Å². The lowest BCUT2D eigenvalue weighted by Gasteiger charge is -2.33. The second-order valence-electron chi connectivity index (χ2n) is 4.96. The van der Waals surface area contributed by atoms with Crippen LogP contribution in [0.3, 0.4) is 0 Å². The molecule has 1 aromatic carbocycles. The lowest BCUT2D eigenvalue weighted by Crippen LogP contribution is -2.53. The van der Waals surface area contributed by atoms with E-state index in [1.54, 1.807) is 13.2 Å². The highest BCUT2D eigenvalue weighted by Crippen LogP contribution is 2.34. The van der Waals surface area contributed by atoms with Crippen molar-refractivity contribution < 1.29 is 14.3 Å². The molecule has 0 spiro atoms. The second-order valence-corrected chi connectivity index (χ2v) is 5.37. The number of halogens is 1. The molecule has 0 bridgehead atoms. The number of hydrogen-bond donors (Lipinski definition) is 1. The molecule has 116 valence electrons. The number of nitrogens with zero attached hydrogens (tertiary/aromatic N) is 1. The normalized spacial score (nSPS) is 19.2. The maximum absolute atomic E-state index is 11.7. The summed E-state index contributed by atoms with van der Waals surface area (Å²) in [5.41, 5.74) is 0.933. The van der Waals surface area contributed by atoms with Crippen LogP contribution in [0.4, 0.5) is 0 Å². The number of nitrogens with one attached hydrogen (secondary N) is 1. The van der Waals surface area contributed by atoms with Crippen LogP contribution in [0.1, 0.15) is 19.4 Å². The second kappa shape index (κ2) is 7.00. The zero-order valence-electron chi connectivity index (χ0n) is 12.6. The summed E-state index contributed by atoms with van der Waals surface area (Å²) < 4.78 is 10.9. The van der Waals surface area contributed by atoms with E-state index in [9.17, 15) is 4.79 Å². The Morgan fingerprint density at radius 2 is 2.19 bits per heavy atom. The Balaban J connectivity index is 2.22. The van der Waals surface area contributed by atoms with Crippen LogP contribution in [0, 0.1) is 0 Å². The van der Waals surface area contributed by atoms with Gasteiger partial charge >= 0.3 is 0 Å². The molecule has 0 aliphatic carbocycles. The van der Waals surface area contributed by atoms with E-state index < -0.39 is 0 Å². The van der Waals surface area contributed by atoms with Crippen LogP contribution in [-0.4, -0.2) is 43.7 Å². The van der Waals surface area contributed by atoms with Crippen LogP contribution in [-0.2, 0) is 11.3 Å². The SMILES string of the molecule is CCOc1cc(CN2CCNC(=O)C2C)c(Cl)cc1OC. The zero-order valence-corrected chi connectivity index (χ0v) is 13.4. The number of amides is 1. The van der Waals surface area contributed by atoms with Gasteiger partial charge in [0.25, 0.3) is 0 Å². The lowest BCUT2D eigenvalue weighted by atomic mass is 10.1. The molecular weight excluding hydrogens is 292 g/mol. The van der Waals surface area contributed by atoms with Gasteiger partial charge in [0.1, 0.15) is 0 Å². The van der Waals surface area contributed by atoms with Crippen LogP contribution >= 0.6 is 11.6 Å². The van der Waals surface area contributed by atoms with Crippen LogP contribution < -0.4 is 14.8 Å². The van der Waals surface area contributed by atoms with Crippen molar-refractivity contribution in [3.8, 4) is 11.5 Å². The Bertz CT molecular complexity index is 522. The molecule has 1 atom stereocenters. The summed E-state index contributed by atoms with van der Waals surface area (Å²) in [5.74, 6) is 1.35. The molecule has 0 radical (unpaired) electrons. The molecule has 5 nitrogen and oxygen atoms in total. The third kappa shape index (κ3) is 3.60. The minimum atomic E-state index is -0.160. The molecule has 1 heterocycles. The van der Waals surface area contributed by atoms with Gasteiger partial charge in [0.2, 0.25) is 5.91 Å². The molecule has 1 aliphatic heterocycles. The molecule has 1 saturated heterocycles. The number of hydrogen-bond acceptors (Lipinski definition) is 4. The molecule has 1 N–H and O–H groups in total. The third-order valence-electron chi connectivity index (χ3n) is 3.63. The summed E-state index contributed by atoms with van der Waals surface area (Å²) in [7, 11) is 1.59. The predicted molar refractivity (Wildman–Crippen MR) is 82.1 cm³/mol. The molecule has 1 aromatic rings. The first-order valence-electron chi connectivity index (χ1n) is 7.07. The Kier molecular flexibility index (Phi) is 5.31. The summed E-state index contributed by atoms with van der Waals surface area (Å²) in [4.78, 5) is 13.8. The minimum Gasteiger partial charge on any atom is -0.493 e. The highest BCUT2D eigenvalue weighted by Gasteiger charge is 2.26. The lowest BCUT2D eigenvalue weighted by molar-refractivity contribution is -0.128. The van der Waals surface area contributed by atoms with E-state index in [1.807, 2.05) is 19.9 Å². The predicted octanol–water partition coefficient (Wildman–Crippen LogP) is 2.07.